The van der Waals surface area contributed by atoms with Gasteiger partial charge in [0.2, 0.25) is 0 Å². The van der Waals surface area contributed by atoms with Crippen LogP contribution in [0.25, 0.3) is 0 Å². The van der Waals surface area contributed by atoms with Gasteiger partial charge in [-0.1, -0.05) is 32.0 Å². The van der Waals surface area contributed by atoms with Gasteiger partial charge in [0.1, 0.15) is 0 Å². The number of anilines is 1. The number of carbonyl (C=O) groups is 4. The molecule has 1 heterocycles. The van der Waals surface area contributed by atoms with Crippen molar-refractivity contribution in [1.29, 1.82) is 0 Å². The fourth-order valence-corrected chi connectivity index (χ4v) is 3.65. The molecule has 0 saturated heterocycles. The Balaban J connectivity index is 1.69. The highest BCUT2D eigenvalue weighted by Crippen LogP contribution is 2.26. The minimum absolute atomic E-state index is 0.113. The molecule has 2 aromatic rings. The molecule has 0 saturated carbocycles. The molecule has 162 valence electrons. The highest BCUT2D eigenvalue weighted by Gasteiger charge is 2.37. The Kier molecular flexibility index (Phi) is 6.53. The lowest BCUT2D eigenvalue weighted by Gasteiger charge is -2.17. The van der Waals surface area contributed by atoms with Crippen molar-refractivity contribution in [3.8, 4) is 0 Å². The SMILES string of the molecule is CCc1cccc(CC)c1NC(=O)COC(=O)c1ccc2c(c1)C(=O)N(C(C)C)C2=O. The second-order valence-corrected chi connectivity index (χ2v) is 7.62. The monoisotopic (exact) mass is 422 g/mol. The summed E-state index contributed by atoms with van der Waals surface area (Å²) in [5, 5.41) is 2.84. The first-order valence-corrected chi connectivity index (χ1v) is 10.4. The largest absolute Gasteiger partial charge is 0.452 e. The van der Waals surface area contributed by atoms with E-state index in [9.17, 15) is 19.2 Å². The van der Waals surface area contributed by atoms with Crippen molar-refractivity contribution in [2.75, 3.05) is 11.9 Å². The normalized spacial score (nSPS) is 12.9. The molecule has 0 aromatic heterocycles. The number of nitrogens with zero attached hydrogens (tertiary/aromatic N) is 1. The first-order valence-electron chi connectivity index (χ1n) is 10.4. The van der Waals surface area contributed by atoms with Crippen LogP contribution in [0, 0.1) is 0 Å². The van der Waals surface area contributed by atoms with Gasteiger partial charge in [0.25, 0.3) is 17.7 Å². The summed E-state index contributed by atoms with van der Waals surface area (Å²) >= 11 is 0. The number of benzene rings is 2. The average Bonchev–Trinajstić information content (AvgIpc) is 3.01. The van der Waals surface area contributed by atoms with Crippen molar-refractivity contribution < 1.29 is 23.9 Å². The zero-order valence-corrected chi connectivity index (χ0v) is 18.2. The maximum atomic E-state index is 12.5. The minimum Gasteiger partial charge on any atom is -0.452 e. The molecule has 1 aliphatic heterocycles. The maximum Gasteiger partial charge on any atom is 0.338 e. The van der Waals surface area contributed by atoms with Crippen molar-refractivity contribution in [3.05, 3.63) is 64.2 Å². The van der Waals surface area contributed by atoms with Crippen LogP contribution < -0.4 is 5.32 Å². The van der Waals surface area contributed by atoms with Gasteiger partial charge in [-0.2, -0.15) is 0 Å². The van der Waals surface area contributed by atoms with E-state index in [0.717, 1.165) is 34.6 Å². The highest BCUT2D eigenvalue weighted by atomic mass is 16.5. The van der Waals surface area contributed by atoms with E-state index in [0.29, 0.717) is 0 Å². The van der Waals surface area contributed by atoms with Gasteiger partial charge >= 0.3 is 5.97 Å². The molecule has 0 bridgehead atoms. The molecule has 3 rings (SSSR count). The number of hydrogen-bond donors (Lipinski definition) is 1. The lowest BCUT2D eigenvalue weighted by molar-refractivity contribution is -0.119. The van der Waals surface area contributed by atoms with Gasteiger partial charge in [0, 0.05) is 11.7 Å². The third kappa shape index (κ3) is 4.35. The van der Waals surface area contributed by atoms with Gasteiger partial charge < -0.3 is 10.1 Å². The van der Waals surface area contributed by atoms with Crippen LogP contribution in [0.5, 0.6) is 0 Å². The summed E-state index contributed by atoms with van der Waals surface area (Å²) in [5.74, 6) is -2.00. The van der Waals surface area contributed by atoms with Gasteiger partial charge in [0.15, 0.2) is 6.61 Å². The first kappa shape index (κ1) is 22.2. The number of esters is 1. The van der Waals surface area contributed by atoms with Crippen LogP contribution in [0.4, 0.5) is 5.69 Å². The number of aryl methyl sites for hydroxylation is 2. The highest BCUT2D eigenvalue weighted by molar-refractivity contribution is 6.22. The quantitative estimate of drug-likeness (QED) is 0.544. The fourth-order valence-electron chi connectivity index (χ4n) is 3.65. The van der Waals surface area contributed by atoms with Crippen LogP contribution >= 0.6 is 0 Å². The Morgan fingerprint density at radius 3 is 2.16 bits per heavy atom. The summed E-state index contributed by atoms with van der Waals surface area (Å²) in [4.78, 5) is 50.8. The summed E-state index contributed by atoms with van der Waals surface area (Å²) in [5.41, 5.74) is 3.31. The van der Waals surface area contributed by atoms with Gasteiger partial charge in [-0.15, -0.1) is 0 Å². The number of imide groups is 1. The summed E-state index contributed by atoms with van der Waals surface area (Å²) in [6, 6.07) is 9.78. The second kappa shape index (κ2) is 9.12. The molecule has 3 amide bonds. The predicted molar refractivity (Wildman–Crippen MR) is 116 cm³/mol. The van der Waals surface area contributed by atoms with Gasteiger partial charge in [-0.3, -0.25) is 19.3 Å². The lowest BCUT2D eigenvalue weighted by atomic mass is 10.0. The minimum atomic E-state index is -0.735. The van der Waals surface area contributed by atoms with E-state index in [1.165, 1.54) is 18.2 Å². The number of para-hydroxylation sites is 1. The third-order valence-electron chi connectivity index (χ3n) is 5.27. The Bertz CT molecular complexity index is 1040. The van der Waals surface area contributed by atoms with Crippen LogP contribution in [0.2, 0.25) is 0 Å². The molecule has 0 aliphatic carbocycles. The van der Waals surface area contributed by atoms with E-state index < -0.39 is 24.4 Å². The molecule has 0 unspecified atom stereocenters. The summed E-state index contributed by atoms with van der Waals surface area (Å²) in [6.45, 7) is 7.05. The molecular formula is C24H26N2O5. The average molecular weight is 422 g/mol. The summed E-state index contributed by atoms with van der Waals surface area (Å²) in [6.07, 6.45) is 1.52. The number of fused-ring (bicyclic) bond motifs is 1. The molecule has 2 aromatic carbocycles. The Morgan fingerprint density at radius 1 is 0.968 bits per heavy atom. The zero-order valence-electron chi connectivity index (χ0n) is 18.2. The molecule has 1 N–H and O–H groups in total. The second-order valence-electron chi connectivity index (χ2n) is 7.62. The van der Waals surface area contributed by atoms with E-state index >= 15 is 0 Å². The Labute approximate surface area is 181 Å². The fraction of sp³-hybridized carbons (Fsp3) is 0.333. The van der Waals surface area contributed by atoms with E-state index in [1.54, 1.807) is 13.8 Å². The molecule has 0 spiro atoms. The number of carbonyl (C=O) groups excluding carboxylic acids is 4. The smallest absolute Gasteiger partial charge is 0.338 e. The van der Waals surface area contributed by atoms with Crippen molar-refractivity contribution in [3.63, 3.8) is 0 Å². The summed E-state index contributed by atoms with van der Waals surface area (Å²) in [7, 11) is 0. The zero-order chi connectivity index (χ0) is 22.7. The predicted octanol–water partition coefficient (Wildman–Crippen LogP) is 3.61. The van der Waals surface area contributed by atoms with Crippen LogP contribution in [0.3, 0.4) is 0 Å². The van der Waals surface area contributed by atoms with Crippen molar-refractivity contribution in [2.45, 2.75) is 46.6 Å². The third-order valence-corrected chi connectivity index (χ3v) is 5.27. The molecule has 7 nitrogen and oxygen atoms in total. The molecular weight excluding hydrogens is 396 g/mol. The van der Waals surface area contributed by atoms with Crippen molar-refractivity contribution in [2.24, 2.45) is 0 Å². The molecule has 31 heavy (non-hydrogen) atoms. The van der Waals surface area contributed by atoms with Crippen LogP contribution in [-0.4, -0.2) is 41.2 Å². The molecule has 0 atom stereocenters. The van der Waals surface area contributed by atoms with Crippen LogP contribution in [0.15, 0.2) is 36.4 Å². The standard InChI is InChI=1S/C24H26N2O5/c1-5-15-8-7-9-16(6-2)21(15)25-20(27)13-31-24(30)17-10-11-18-19(12-17)23(29)26(14(3)4)22(18)28/h7-12,14H,5-6,13H2,1-4H3,(H,25,27). The van der Waals surface area contributed by atoms with Gasteiger partial charge in [0.05, 0.1) is 16.7 Å². The number of hydrogen-bond acceptors (Lipinski definition) is 5. The van der Waals surface area contributed by atoms with Crippen molar-refractivity contribution >= 4 is 29.4 Å². The molecule has 1 aliphatic rings. The van der Waals surface area contributed by atoms with Crippen LogP contribution in [-0.2, 0) is 22.4 Å². The number of ether oxygens (including phenoxy) is 1. The first-order chi connectivity index (χ1) is 14.8. The number of nitrogens with one attached hydrogen (secondary N) is 1. The van der Waals surface area contributed by atoms with E-state index in [4.69, 9.17) is 4.74 Å². The summed E-state index contributed by atoms with van der Waals surface area (Å²) < 4.78 is 5.14. The van der Waals surface area contributed by atoms with Gasteiger partial charge in [-0.05, 0) is 56.0 Å². The maximum absolute atomic E-state index is 12.5. The topological polar surface area (TPSA) is 92.8 Å². The molecule has 0 radical (unpaired) electrons. The van der Waals surface area contributed by atoms with E-state index in [2.05, 4.69) is 5.32 Å². The number of amides is 3. The molecule has 0 fully saturated rings. The van der Waals surface area contributed by atoms with Gasteiger partial charge in [-0.25, -0.2) is 4.79 Å². The number of rotatable bonds is 7. The van der Waals surface area contributed by atoms with Crippen LogP contribution in [0.1, 0.15) is 69.9 Å². The van der Waals surface area contributed by atoms with E-state index in [1.807, 2.05) is 32.0 Å². The molecule has 7 heteroatoms. The lowest BCUT2D eigenvalue weighted by Crippen LogP contribution is -2.35. The Morgan fingerprint density at radius 2 is 1.58 bits per heavy atom. The Hall–Kier alpha value is -3.48. The van der Waals surface area contributed by atoms with E-state index in [-0.39, 0.29) is 28.6 Å². The van der Waals surface area contributed by atoms with Crippen molar-refractivity contribution in [1.82, 2.24) is 4.90 Å².